The molecule has 2 rings (SSSR count). The van der Waals surface area contributed by atoms with E-state index in [1.165, 1.54) is 32.1 Å². The number of piperidine rings is 1. The topological polar surface area (TPSA) is 36.3 Å². The van der Waals surface area contributed by atoms with Crippen LogP contribution in [0.5, 0.6) is 0 Å². The van der Waals surface area contributed by atoms with Gasteiger partial charge >= 0.3 is 0 Å². The molecule has 0 aromatic carbocycles. The second kappa shape index (κ2) is 5.16. The Bertz CT molecular complexity index is 268. The zero-order valence-corrected chi connectivity index (χ0v) is 10.2. The molecule has 2 fully saturated rings. The van der Waals surface area contributed by atoms with Gasteiger partial charge in [-0.2, -0.15) is 5.26 Å². The highest BCUT2D eigenvalue weighted by Gasteiger charge is 2.46. The van der Waals surface area contributed by atoms with Gasteiger partial charge in [0.1, 0.15) is 5.54 Å². The van der Waals surface area contributed by atoms with Crippen LogP contribution in [0.4, 0.5) is 0 Å². The van der Waals surface area contributed by atoms with Gasteiger partial charge in [-0.3, -0.25) is 4.90 Å². The molecule has 1 heterocycles. The van der Waals surface area contributed by atoms with Crippen molar-refractivity contribution in [2.24, 2.45) is 0 Å². The van der Waals surface area contributed by atoms with Crippen molar-refractivity contribution in [3.63, 3.8) is 0 Å². The van der Waals surface area contributed by atoms with E-state index in [4.69, 9.17) is 4.74 Å². The molecule has 3 heteroatoms. The van der Waals surface area contributed by atoms with Gasteiger partial charge in [0.2, 0.25) is 0 Å². The minimum absolute atomic E-state index is 0.115. The van der Waals surface area contributed by atoms with E-state index >= 15 is 0 Å². The third kappa shape index (κ3) is 1.97. The van der Waals surface area contributed by atoms with Gasteiger partial charge in [-0.1, -0.05) is 19.3 Å². The highest BCUT2D eigenvalue weighted by Crippen LogP contribution is 2.36. The van der Waals surface area contributed by atoms with Crippen molar-refractivity contribution in [1.29, 1.82) is 5.26 Å². The number of methoxy groups -OCH3 is 1. The average Bonchev–Trinajstić information content (AvgIpc) is 2.39. The Balaban J connectivity index is 2.17. The van der Waals surface area contributed by atoms with E-state index < -0.39 is 0 Å². The number of hydrogen-bond donors (Lipinski definition) is 0. The number of nitrogens with zero attached hydrogens (tertiary/aromatic N) is 2. The van der Waals surface area contributed by atoms with Crippen LogP contribution in [0.1, 0.15) is 44.9 Å². The fraction of sp³-hybridized carbons (Fsp3) is 0.923. The molecule has 0 bridgehead atoms. The fourth-order valence-corrected chi connectivity index (χ4v) is 3.29. The third-order valence-corrected chi connectivity index (χ3v) is 4.21. The van der Waals surface area contributed by atoms with Crippen LogP contribution in [-0.2, 0) is 4.74 Å². The summed E-state index contributed by atoms with van der Waals surface area (Å²) in [6.07, 6.45) is 8.31. The van der Waals surface area contributed by atoms with Crippen LogP contribution in [-0.4, -0.2) is 36.7 Å². The summed E-state index contributed by atoms with van der Waals surface area (Å²) in [4.78, 5) is 2.39. The first-order chi connectivity index (χ1) is 7.83. The minimum Gasteiger partial charge on any atom is -0.378 e. The number of ether oxygens (including phenoxy) is 1. The molecule has 0 spiro atoms. The minimum atomic E-state index is -0.326. The Labute approximate surface area is 98.4 Å². The predicted molar refractivity (Wildman–Crippen MR) is 63.0 cm³/mol. The average molecular weight is 222 g/mol. The Morgan fingerprint density at radius 3 is 2.56 bits per heavy atom. The zero-order chi connectivity index (χ0) is 11.4. The molecule has 0 aromatic rings. The molecule has 1 aliphatic heterocycles. The van der Waals surface area contributed by atoms with Crippen LogP contribution in [0, 0.1) is 11.3 Å². The number of likely N-dealkylation sites (tertiary alicyclic amines) is 1. The van der Waals surface area contributed by atoms with Crippen LogP contribution >= 0.6 is 0 Å². The molecule has 2 atom stereocenters. The molecular weight excluding hydrogens is 200 g/mol. The summed E-state index contributed by atoms with van der Waals surface area (Å²) in [7, 11) is 1.76. The van der Waals surface area contributed by atoms with Crippen molar-refractivity contribution in [3.05, 3.63) is 0 Å². The van der Waals surface area contributed by atoms with Gasteiger partial charge in [-0.05, 0) is 38.8 Å². The first-order valence-corrected chi connectivity index (χ1v) is 6.52. The quantitative estimate of drug-likeness (QED) is 0.719. The Kier molecular flexibility index (Phi) is 3.83. The maximum atomic E-state index is 9.62. The number of nitriles is 1. The lowest BCUT2D eigenvalue weighted by molar-refractivity contribution is -0.0555. The van der Waals surface area contributed by atoms with Crippen molar-refractivity contribution in [3.8, 4) is 6.07 Å². The van der Waals surface area contributed by atoms with E-state index in [9.17, 15) is 5.26 Å². The third-order valence-electron chi connectivity index (χ3n) is 4.21. The van der Waals surface area contributed by atoms with E-state index in [0.717, 1.165) is 25.9 Å². The lowest BCUT2D eigenvalue weighted by atomic mass is 9.78. The molecule has 0 amide bonds. The van der Waals surface area contributed by atoms with Gasteiger partial charge in [0, 0.05) is 7.11 Å². The molecule has 0 aromatic heterocycles. The van der Waals surface area contributed by atoms with Crippen LogP contribution in [0.25, 0.3) is 0 Å². The van der Waals surface area contributed by atoms with Crippen LogP contribution < -0.4 is 0 Å². The smallest absolute Gasteiger partial charge is 0.135 e. The van der Waals surface area contributed by atoms with Gasteiger partial charge in [0.05, 0.1) is 12.2 Å². The van der Waals surface area contributed by atoms with Crippen LogP contribution in [0.3, 0.4) is 0 Å². The van der Waals surface area contributed by atoms with E-state index in [2.05, 4.69) is 11.0 Å². The summed E-state index contributed by atoms with van der Waals surface area (Å²) in [6.45, 7) is 2.15. The summed E-state index contributed by atoms with van der Waals surface area (Å²) in [5.41, 5.74) is -0.326. The van der Waals surface area contributed by atoms with Crippen molar-refractivity contribution >= 4 is 0 Å². The van der Waals surface area contributed by atoms with Crippen LogP contribution in [0.15, 0.2) is 0 Å². The first kappa shape index (κ1) is 11.9. The SMILES string of the molecule is COC1CCCCC1(C#N)N1CCCCC1. The molecule has 0 N–H and O–H groups in total. The second-order valence-electron chi connectivity index (χ2n) is 5.05. The van der Waals surface area contributed by atoms with E-state index in [0.29, 0.717) is 0 Å². The molecule has 3 nitrogen and oxygen atoms in total. The predicted octanol–water partition coefficient (Wildman–Crippen LogP) is 2.32. The molecule has 16 heavy (non-hydrogen) atoms. The van der Waals surface area contributed by atoms with Crippen molar-refractivity contribution < 1.29 is 4.74 Å². The highest BCUT2D eigenvalue weighted by molar-refractivity contribution is 5.15. The largest absolute Gasteiger partial charge is 0.378 e. The Morgan fingerprint density at radius 1 is 1.19 bits per heavy atom. The zero-order valence-electron chi connectivity index (χ0n) is 10.2. The van der Waals surface area contributed by atoms with Crippen molar-refractivity contribution in [2.75, 3.05) is 20.2 Å². The summed E-state index contributed by atoms with van der Waals surface area (Å²) in [5, 5.41) is 9.62. The molecule has 0 radical (unpaired) electrons. The van der Waals surface area contributed by atoms with E-state index in [1.807, 2.05) is 0 Å². The molecule has 2 aliphatic rings. The van der Waals surface area contributed by atoms with Crippen molar-refractivity contribution in [1.82, 2.24) is 4.90 Å². The molecule has 1 saturated carbocycles. The lowest BCUT2D eigenvalue weighted by Crippen LogP contribution is -2.59. The number of rotatable bonds is 2. The second-order valence-corrected chi connectivity index (χ2v) is 5.05. The Hall–Kier alpha value is -0.590. The lowest BCUT2D eigenvalue weighted by Gasteiger charge is -2.47. The first-order valence-electron chi connectivity index (χ1n) is 6.52. The van der Waals surface area contributed by atoms with E-state index in [1.54, 1.807) is 7.11 Å². The molecular formula is C13H22N2O. The summed E-state index contributed by atoms with van der Waals surface area (Å²) in [5.74, 6) is 0. The summed E-state index contributed by atoms with van der Waals surface area (Å²) in [6, 6.07) is 2.59. The summed E-state index contributed by atoms with van der Waals surface area (Å²) >= 11 is 0. The van der Waals surface area contributed by atoms with E-state index in [-0.39, 0.29) is 11.6 Å². The van der Waals surface area contributed by atoms with Gasteiger partial charge in [-0.25, -0.2) is 0 Å². The molecule has 1 saturated heterocycles. The molecule has 2 unspecified atom stereocenters. The molecule has 90 valence electrons. The normalized spacial score (nSPS) is 36.9. The monoisotopic (exact) mass is 222 g/mol. The standard InChI is InChI=1S/C13H22N2O/c1-16-12-7-3-4-8-13(12,11-14)15-9-5-2-6-10-15/h12H,2-10H2,1H3. The van der Waals surface area contributed by atoms with Crippen LogP contribution in [0.2, 0.25) is 0 Å². The molecule has 1 aliphatic carbocycles. The highest BCUT2D eigenvalue weighted by atomic mass is 16.5. The van der Waals surface area contributed by atoms with Gasteiger partial charge < -0.3 is 4.74 Å². The van der Waals surface area contributed by atoms with Crippen molar-refractivity contribution in [2.45, 2.75) is 56.6 Å². The number of hydrogen-bond acceptors (Lipinski definition) is 3. The van der Waals surface area contributed by atoms with Gasteiger partial charge in [0.25, 0.3) is 0 Å². The summed E-state index contributed by atoms with van der Waals surface area (Å²) < 4.78 is 5.59. The van der Waals surface area contributed by atoms with Gasteiger partial charge in [0.15, 0.2) is 0 Å². The maximum Gasteiger partial charge on any atom is 0.135 e. The van der Waals surface area contributed by atoms with Gasteiger partial charge in [-0.15, -0.1) is 0 Å². The Morgan fingerprint density at radius 2 is 1.94 bits per heavy atom. The maximum absolute atomic E-state index is 9.62. The fourth-order valence-electron chi connectivity index (χ4n) is 3.29.